The van der Waals surface area contributed by atoms with E-state index in [0.717, 1.165) is 0 Å². The number of sulfone groups is 1. The zero-order valence-electron chi connectivity index (χ0n) is 7.53. The second-order valence-electron chi connectivity index (χ2n) is 2.92. The molecule has 0 unspecified atom stereocenters. The minimum absolute atomic E-state index is 0.122. The number of ketones is 1. The number of Topliss-reactive ketones (excluding diaryl/α,β-unsaturated/α-hetero) is 1. The molecule has 0 atom stereocenters. The fourth-order valence-electron chi connectivity index (χ4n) is 0.993. The highest BCUT2D eigenvalue weighted by Crippen LogP contribution is 2.15. The van der Waals surface area contributed by atoms with E-state index < -0.39 is 15.6 Å². The summed E-state index contributed by atoms with van der Waals surface area (Å²) in [5.74, 6) is -0.839. The first-order valence-corrected chi connectivity index (χ1v) is 5.92. The first-order chi connectivity index (χ1) is 6.42. The smallest absolute Gasteiger partial charge is 0.185 e. The number of rotatable bonds is 3. The van der Waals surface area contributed by atoms with Crippen molar-refractivity contribution in [2.24, 2.45) is 0 Å². The topological polar surface area (TPSA) is 51.2 Å². The molecule has 0 aliphatic carbocycles. The first-order valence-electron chi connectivity index (χ1n) is 3.89. The minimum Gasteiger partial charge on any atom is -0.299 e. The Kier molecular flexibility index (Phi) is 3.29. The maximum atomic E-state index is 11.5. The molecule has 0 aliphatic heterocycles. The van der Waals surface area contributed by atoms with Crippen LogP contribution in [0.4, 0.5) is 0 Å². The third-order valence-corrected chi connectivity index (χ3v) is 3.59. The fourth-order valence-corrected chi connectivity index (χ4v) is 2.37. The lowest BCUT2D eigenvalue weighted by Gasteiger charge is -2.01. The van der Waals surface area contributed by atoms with E-state index in [1.165, 1.54) is 31.2 Å². The van der Waals surface area contributed by atoms with Crippen LogP contribution in [0, 0.1) is 0 Å². The molecule has 1 aromatic rings. The van der Waals surface area contributed by atoms with Crippen LogP contribution in [-0.2, 0) is 14.6 Å². The summed E-state index contributed by atoms with van der Waals surface area (Å²) in [6.07, 6.45) is 0. The fraction of sp³-hybridized carbons (Fsp3) is 0.222. The Morgan fingerprint density at radius 1 is 1.29 bits per heavy atom. The van der Waals surface area contributed by atoms with Gasteiger partial charge in [0, 0.05) is 5.02 Å². The van der Waals surface area contributed by atoms with Crippen LogP contribution < -0.4 is 0 Å². The first kappa shape index (κ1) is 11.2. The number of benzene rings is 1. The Morgan fingerprint density at radius 3 is 2.21 bits per heavy atom. The highest BCUT2D eigenvalue weighted by atomic mass is 35.5. The Labute approximate surface area is 87.6 Å². The summed E-state index contributed by atoms with van der Waals surface area (Å²) >= 11 is 5.61. The van der Waals surface area contributed by atoms with Crippen molar-refractivity contribution in [3.05, 3.63) is 29.3 Å². The summed E-state index contributed by atoms with van der Waals surface area (Å²) in [6, 6.07) is 5.74. The number of carbonyl (C=O) groups is 1. The van der Waals surface area contributed by atoms with Gasteiger partial charge in [-0.25, -0.2) is 8.42 Å². The molecule has 3 nitrogen and oxygen atoms in total. The predicted molar refractivity (Wildman–Crippen MR) is 54.2 cm³/mol. The second-order valence-corrected chi connectivity index (χ2v) is 5.34. The minimum atomic E-state index is -3.48. The average Bonchev–Trinajstić information content (AvgIpc) is 2.02. The zero-order valence-corrected chi connectivity index (χ0v) is 9.10. The van der Waals surface area contributed by atoms with Gasteiger partial charge in [-0.1, -0.05) is 11.6 Å². The molecule has 1 rings (SSSR count). The van der Waals surface area contributed by atoms with Crippen molar-refractivity contribution in [3.63, 3.8) is 0 Å². The summed E-state index contributed by atoms with van der Waals surface area (Å²) in [5.41, 5.74) is 0. The van der Waals surface area contributed by atoms with Crippen LogP contribution in [0.15, 0.2) is 29.2 Å². The van der Waals surface area contributed by atoms with E-state index in [2.05, 4.69) is 0 Å². The molecule has 0 saturated heterocycles. The summed E-state index contributed by atoms with van der Waals surface area (Å²) in [7, 11) is -3.48. The number of hydrogen-bond acceptors (Lipinski definition) is 3. The lowest BCUT2D eigenvalue weighted by molar-refractivity contribution is -0.114. The van der Waals surface area contributed by atoms with Gasteiger partial charge < -0.3 is 0 Å². The van der Waals surface area contributed by atoms with Gasteiger partial charge in [-0.05, 0) is 31.2 Å². The van der Waals surface area contributed by atoms with E-state index in [-0.39, 0.29) is 10.7 Å². The van der Waals surface area contributed by atoms with Gasteiger partial charge in [0.15, 0.2) is 9.84 Å². The molecule has 0 fully saturated rings. The maximum absolute atomic E-state index is 11.5. The Bertz CT molecular complexity index is 434. The largest absolute Gasteiger partial charge is 0.299 e. The maximum Gasteiger partial charge on any atom is 0.185 e. The molecule has 1 aromatic carbocycles. The van der Waals surface area contributed by atoms with Crippen LogP contribution in [0.25, 0.3) is 0 Å². The standard InChI is InChI=1S/C9H9ClO3S/c1-7(11)6-14(12,13)9-4-2-8(10)3-5-9/h2-5H,6H2,1H3. The van der Waals surface area contributed by atoms with Crippen molar-refractivity contribution in [3.8, 4) is 0 Å². The van der Waals surface area contributed by atoms with E-state index in [4.69, 9.17) is 11.6 Å². The SMILES string of the molecule is CC(=O)CS(=O)(=O)c1ccc(Cl)cc1. The molecule has 0 aromatic heterocycles. The third kappa shape index (κ3) is 2.82. The Morgan fingerprint density at radius 2 is 1.79 bits per heavy atom. The third-order valence-electron chi connectivity index (χ3n) is 1.57. The van der Waals surface area contributed by atoms with Crippen molar-refractivity contribution in [1.82, 2.24) is 0 Å². The molecule has 0 N–H and O–H groups in total. The van der Waals surface area contributed by atoms with Gasteiger partial charge in [-0.15, -0.1) is 0 Å². The van der Waals surface area contributed by atoms with E-state index in [1.54, 1.807) is 0 Å². The van der Waals surface area contributed by atoms with Crippen LogP contribution in [-0.4, -0.2) is 20.0 Å². The quantitative estimate of drug-likeness (QED) is 0.797. The number of halogens is 1. The van der Waals surface area contributed by atoms with E-state index >= 15 is 0 Å². The molecule has 5 heteroatoms. The average molecular weight is 233 g/mol. The molecule has 0 heterocycles. The van der Waals surface area contributed by atoms with E-state index in [0.29, 0.717) is 5.02 Å². The van der Waals surface area contributed by atoms with Gasteiger partial charge in [-0.3, -0.25) is 4.79 Å². The summed E-state index contributed by atoms with van der Waals surface area (Å²) in [4.78, 5) is 10.8. The van der Waals surface area contributed by atoms with Crippen LogP contribution in [0.5, 0.6) is 0 Å². The van der Waals surface area contributed by atoms with Crippen LogP contribution in [0.3, 0.4) is 0 Å². The van der Waals surface area contributed by atoms with Gasteiger partial charge in [0.05, 0.1) is 4.90 Å². The predicted octanol–water partition coefficient (Wildman–Crippen LogP) is 1.70. The van der Waals surface area contributed by atoms with Gasteiger partial charge in [0.2, 0.25) is 0 Å². The molecular formula is C9H9ClO3S. The van der Waals surface area contributed by atoms with Crippen molar-refractivity contribution >= 4 is 27.2 Å². The monoisotopic (exact) mass is 232 g/mol. The Balaban J connectivity index is 3.05. The van der Waals surface area contributed by atoms with Gasteiger partial charge in [-0.2, -0.15) is 0 Å². The molecule has 0 spiro atoms. The normalized spacial score (nSPS) is 11.3. The van der Waals surface area contributed by atoms with Crippen molar-refractivity contribution < 1.29 is 13.2 Å². The van der Waals surface area contributed by atoms with Gasteiger partial charge in [0.1, 0.15) is 11.5 Å². The van der Waals surface area contributed by atoms with Crippen molar-refractivity contribution in [2.45, 2.75) is 11.8 Å². The zero-order chi connectivity index (χ0) is 10.8. The molecule has 76 valence electrons. The highest BCUT2D eigenvalue weighted by Gasteiger charge is 2.16. The van der Waals surface area contributed by atoms with E-state index in [9.17, 15) is 13.2 Å². The van der Waals surface area contributed by atoms with Crippen molar-refractivity contribution in [1.29, 1.82) is 0 Å². The molecule has 0 radical (unpaired) electrons. The molecule has 0 saturated carbocycles. The summed E-state index contributed by atoms with van der Waals surface area (Å²) in [5, 5.41) is 0.465. The summed E-state index contributed by atoms with van der Waals surface area (Å²) in [6.45, 7) is 1.24. The van der Waals surface area contributed by atoms with Crippen LogP contribution in [0.2, 0.25) is 5.02 Å². The van der Waals surface area contributed by atoms with Crippen molar-refractivity contribution in [2.75, 3.05) is 5.75 Å². The number of hydrogen-bond donors (Lipinski definition) is 0. The lowest BCUT2D eigenvalue weighted by atomic mass is 10.4. The molecular weight excluding hydrogens is 224 g/mol. The van der Waals surface area contributed by atoms with Gasteiger partial charge in [0.25, 0.3) is 0 Å². The number of carbonyl (C=O) groups excluding carboxylic acids is 1. The van der Waals surface area contributed by atoms with E-state index in [1.807, 2.05) is 0 Å². The molecule has 0 amide bonds. The molecule has 14 heavy (non-hydrogen) atoms. The molecule has 0 bridgehead atoms. The molecule has 0 aliphatic rings. The second kappa shape index (κ2) is 4.11. The van der Waals surface area contributed by atoms with Gasteiger partial charge >= 0.3 is 0 Å². The lowest BCUT2D eigenvalue weighted by Crippen LogP contribution is -2.13. The summed E-state index contributed by atoms with van der Waals surface area (Å²) < 4.78 is 23.0. The highest BCUT2D eigenvalue weighted by molar-refractivity contribution is 7.92. The van der Waals surface area contributed by atoms with Crippen LogP contribution in [0.1, 0.15) is 6.92 Å². The van der Waals surface area contributed by atoms with Crippen LogP contribution >= 0.6 is 11.6 Å². The Hall–Kier alpha value is -0.870.